The molecule has 1 aliphatic rings. The van der Waals surface area contributed by atoms with Crippen molar-refractivity contribution in [2.45, 2.75) is 70.5 Å². The van der Waals surface area contributed by atoms with Crippen LogP contribution >= 0.6 is 24.8 Å². The average molecular weight is 466 g/mol. The number of anilines is 3. The van der Waals surface area contributed by atoms with E-state index in [-0.39, 0.29) is 24.8 Å². The Morgan fingerprint density at radius 3 is 2.35 bits per heavy atom. The molecule has 1 aromatic carbocycles. The van der Waals surface area contributed by atoms with Gasteiger partial charge in [0.15, 0.2) is 17.0 Å². The largest absolute Gasteiger partial charge is 0.351 e. The molecule has 31 heavy (non-hydrogen) atoms. The second-order valence-corrected chi connectivity index (χ2v) is 7.94. The maximum atomic E-state index is 6.06. The molecule has 1 fully saturated rings. The van der Waals surface area contributed by atoms with E-state index in [1.807, 2.05) is 36.7 Å². The number of nitrogens with two attached hydrogens (primary N) is 1. The van der Waals surface area contributed by atoms with Gasteiger partial charge in [-0.05, 0) is 50.7 Å². The van der Waals surface area contributed by atoms with Crippen LogP contribution in [0.25, 0.3) is 11.2 Å². The summed E-state index contributed by atoms with van der Waals surface area (Å²) in [4.78, 5) is 14.3. The first kappa shape index (κ1) is 25.2. The van der Waals surface area contributed by atoms with E-state index in [1.54, 1.807) is 0 Å². The Morgan fingerprint density at radius 1 is 1.03 bits per heavy atom. The number of imidazole rings is 1. The number of halogens is 2. The molecule has 3 aromatic rings. The van der Waals surface area contributed by atoms with Crippen LogP contribution < -0.4 is 16.4 Å². The van der Waals surface area contributed by atoms with Gasteiger partial charge in [0.25, 0.3) is 0 Å². The standard InChI is InChI=1S/C22H31N7.2ClH/c1-3-18(4-2)29-14-24-19-20(25-16-8-6-5-7-9-16)27-22(28-21(19)29)26-17-12-10-15(23)11-13-17;;/h5-9,14-15,17-18H,3-4,10-13,23H2,1-2H3,(H2,25,26,27,28);2*1H/t15-,17-;;. The Hall–Kier alpha value is -2.09. The molecule has 2 aromatic heterocycles. The van der Waals surface area contributed by atoms with E-state index >= 15 is 0 Å². The minimum atomic E-state index is 0. The molecule has 0 amide bonds. The summed E-state index contributed by atoms with van der Waals surface area (Å²) in [6, 6.07) is 11.1. The second-order valence-electron chi connectivity index (χ2n) is 7.94. The van der Waals surface area contributed by atoms with E-state index in [0.29, 0.717) is 24.1 Å². The van der Waals surface area contributed by atoms with Gasteiger partial charge in [0.05, 0.1) is 6.33 Å². The van der Waals surface area contributed by atoms with Gasteiger partial charge >= 0.3 is 0 Å². The monoisotopic (exact) mass is 465 g/mol. The number of benzene rings is 1. The van der Waals surface area contributed by atoms with Gasteiger partial charge in [-0.2, -0.15) is 9.97 Å². The lowest BCUT2D eigenvalue weighted by Crippen LogP contribution is -2.33. The molecule has 0 atom stereocenters. The second kappa shape index (κ2) is 11.5. The van der Waals surface area contributed by atoms with Crippen molar-refractivity contribution in [2.24, 2.45) is 5.73 Å². The van der Waals surface area contributed by atoms with Crippen LogP contribution in [0.4, 0.5) is 17.5 Å². The molecule has 9 heteroatoms. The number of hydrogen-bond acceptors (Lipinski definition) is 6. The lowest BCUT2D eigenvalue weighted by molar-refractivity contribution is 0.410. The lowest BCUT2D eigenvalue weighted by Gasteiger charge is -2.27. The smallest absolute Gasteiger partial charge is 0.227 e. The number of aromatic nitrogens is 4. The van der Waals surface area contributed by atoms with Gasteiger partial charge in [0.2, 0.25) is 5.95 Å². The third-order valence-electron chi connectivity index (χ3n) is 5.90. The Morgan fingerprint density at radius 2 is 1.71 bits per heavy atom. The Kier molecular flexibility index (Phi) is 9.34. The van der Waals surface area contributed by atoms with Crippen molar-refractivity contribution < 1.29 is 0 Å². The number of para-hydroxylation sites is 1. The van der Waals surface area contributed by atoms with Crippen LogP contribution in [0.5, 0.6) is 0 Å². The summed E-state index contributed by atoms with van der Waals surface area (Å²) in [5.41, 5.74) is 8.73. The van der Waals surface area contributed by atoms with Crippen molar-refractivity contribution in [3.63, 3.8) is 0 Å². The molecule has 1 saturated carbocycles. The molecule has 4 N–H and O–H groups in total. The quantitative estimate of drug-likeness (QED) is 0.428. The highest BCUT2D eigenvalue weighted by Crippen LogP contribution is 2.29. The van der Waals surface area contributed by atoms with E-state index in [1.165, 1.54) is 0 Å². The fraction of sp³-hybridized carbons (Fsp3) is 0.500. The average Bonchev–Trinajstić information content (AvgIpc) is 3.16. The van der Waals surface area contributed by atoms with Crippen LogP contribution in [-0.4, -0.2) is 31.6 Å². The molecule has 4 rings (SSSR count). The summed E-state index contributed by atoms with van der Waals surface area (Å²) in [6.07, 6.45) is 8.16. The van der Waals surface area contributed by atoms with Gasteiger partial charge in [-0.3, -0.25) is 0 Å². The first-order valence-electron chi connectivity index (χ1n) is 10.8. The fourth-order valence-corrected chi connectivity index (χ4v) is 4.12. The van der Waals surface area contributed by atoms with Crippen LogP contribution in [0.1, 0.15) is 58.4 Å². The van der Waals surface area contributed by atoms with Gasteiger partial charge < -0.3 is 20.9 Å². The van der Waals surface area contributed by atoms with Crippen LogP contribution in [0.15, 0.2) is 36.7 Å². The van der Waals surface area contributed by atoms with E-state index < -0.39 is 0 Å². The topological polar surface area (TPSA) is 93.7 Å². The lowest BCUT2D eigenvalue weighted by atomic mass is 9.92. The molecule has 7 nitrogen and oxygen atoms in total. The maximum Gasteiger partial charge on any atom is 0.227 e. The Labute approximate surface area is 196 Å². The van der Waals surface area contributed by atoms with E-state index in [2.05, 4.69) is 34.0 Å². The van der Waals surface area contributed by atoms with Crippen LogP contribution in [0.3, 0.4) is 0 Å². The molecular formula is C22H33Cl2N7. The summed E-state index contributed by atoms with van der Waals surface area (Å²) < 4.78 is 2.19. The molecule has 170 valence electrons. The van der Waals surface area contributed by atoms with Gasteiger partial charge in [-0.1, -0.05) is 32.0 Å². The minimum Gasteiger partial charge on any atom is -0.351 e. The third kappa shape index (κ3) is 5.79. The summed E-state index contributed by atoms with van der Waals surface area (Å²) in [5, 5.41) is 6.99. The number of nitrogens with one attached hydrogen (secondary N) is 2. The van der Waals surface area contributed by atoms with Crippen LogP contribution in [-0.2, 0) is 0 Å². The van der Waals surface area contributed by atoms with Crippen LogP contribution in [0, 0.1) is 0 Å². The summed E-state index contributed by atoms with van der Waals surface area (Å²) in [7, 11) is 0. The molecule has 0 radical (unpaired) electrons. The highest BCUT2D eigenvalue weighted by Gasteiger charge is 2.21. The predicted octanol–water partition coefficient (Wildman–Crippen LogP) is 5.46. The van der Waals surface area contributed by atoms with Crippen molar-refractivity contribution in [3.8, 4) is 0 Å². The highest BCUT2D eigenvalue weighted by atomic mass is 35.5. The van der Waals surface area contributed by atoms with Crippen molar-refractivity contribution in [2.75, 3.05) is 10.6 Å². The normalized spacial score (nSPS) is 18.3. The maximum absolute atomic E-state index is 6.06. The molecule has 0 spiro atoms. The summed E-state index contributed by atoms with van der Waals surface area (Å²) >= 11 is 0. The summed E-state index contributed by atoms with van der Waals surface area (Å²) in [6.45, 7) is 4.41. The third-order valence-corrected chi connectivity index (χ3v) is 5.90. The van der Waals surface area contributed by atoms with Crippen molar-refractivity contribution in [1.82, 2.24) is 19.5 Å². The summed E-state index contributed by atoms with van der Waals surface area (Å²) in [5.74, 6) is 1.39. The predicted molar refractivity (Wildman–Crippen MR) is 133 cm³/mol. The Bertz CT molecular complexity index is 936. The number of hydrogen-bond donors (Lipinski definition) is 3. The van der Waals surface area contributed by atoms with Gasteiger partial charge in [0, 0.05) is 23.8 Å². The van der Waals surface area contributed by atoms with E-state index in [4.69, 9.17) is 15.7 Å². The van der Waals surface area contributed by atoms with E-state index in [9.17, 15) is 0 Å². The molecule has 0 bridgehead atoms. The van der Waals surface area contributed by atoms with E-state index in [0.717, 1.165) is 61.2 Å². The SMILES string of the molecule is CCC(CC)n1cnc2c(Nc3ccccc3)nc(N[C@H]3CC[C@H](N)CC3)nc21.Cl.Cl. The number of rotatable bonds is 7. The highest BCUT2D eigenvalue weighted by molar-refractivity contribution is 5.86. The Balaban J connectivity index is 0.00000171. The molecule has 2 heterocycles. The number of fused-ring (bicyclic) bond motifs is 1. The van der Waals surface area contributed by atoms with Crippen molar-refractivity contribution >= 4 is 53.4 Å². The van der Waals surface area contributed by atoms with Crippen molar-refractivity contribution in [3.05, 3.63) is 36.7 Å². The van der Waals surface area contributed by atoms with Gasteiger partial charge in [0.1, 0.15) is 0 Å². The zero-order chi connectivity index (χ0) is 20.2. The first-order valence-corrected chi connectivity index (χ1v) is 10.8. The van der Waals surface area contributed by atoms with Crippen LogP contribution in [0.2, 0.25) is 0 Å². The van der Waals surface area contributed by atoms with Gasteiger partial charge in [-0.25, -0.2) is 4.98 Å². The minimum absolute atomic E-state index is 0. The zero-order valence-electron chi connectivity index (χ0n) is 18.1. The zero-order valence-corrected chi connectivity index (χ0v) is 19.8. The molecule has 0 saturated heterocycles. The van der Waals surface area contributed by atoms with Crippen molar-refractivity contribution in [1.29, 1.82) is 0 Å². The molecule has 0 unspecified atom stereocenters. The fourth-order valence-electron chi connectivity index (χ4n) is 4.12. The van der Waals surface area contributed by atoms with Gasteiger partial charge in [-0.15, -0.1) is 24.8 Å². The first-order chi connectivity index (χ1) is 14.2. The molecule has 1 aliphatic carbocycles. The molecule has 0 aliphatic heterocycles. The molecular weight excluding hydrogens is 433 g/mol. The number of nitrogens with zero attached hydrogens (tertiary/aromatic N) is 4.